The van der Waals surface area contributed by atoms with Crippen molar-refractivity contribution >= 4 is 41.3 Å². The Morgan fingerprint density at radius 3 is 2.85 bits per heavy atom. The number of rotatable bonds is 8. The number of benzene rings is 1. The van der Waals surface area contributed by atoms with E-state index in [0.29, 0.717) is 63.0 Å². The Kier molecular flexibility index (Phi) is 8.68. The predicted molar refractivity (Wildman–Crippen MR) is 163 cm³/mol. The third kappa shape index (κ3) is 6.98. The summed E-state index contributed by atoms with van der Waals surface area (Å²) < 4.78 is 31.3. The quantitative estimate of drug-likeness (QED) is 0.366. The number of anilines is 3. The zero-order valence-electron chi connectivity index (χ0n) is 26.1. The molecule has 246 valence electrons. The number of likely N-dealkylation sites (tertiary alicyclic amines) is 1. The Balaban J connectivity index is 0.965. The summed E-state index contributed by atoms with van der Waals surface area (Å²) in [5.41, 5.74) is 1.20. The number of halogens is 1. The lowest BCUT2D eigenvalue weighted by Crippen LogP contribution is -2.45. The maximum atomic E-state index is 15.1. The minimum Gasteiger partial charge on any atom is -0.465 e. The summed E-state index contributed by atoms with van der Waals surface area (Å²) in [5.74, 6) is -0.283. The maximum absolute atomic E-state index is 15.1. The molecule has 2 fully saturated rings. The van der Waals surface area contributed by atoms with Crippen molar-refractivity contribution in [3.8, 4) is 5.88 Å². The zero-order valence-corrected chi connectivity index (χ0v) is 26.1. The molecule has 1 aromatic carbocycles. The van der Waals surface area contributed by atoms with Gasteiger partial charge in [0, 0.05) is 12.2 Å². The zero-order chi connectivity index (χ0) is 32.6. The van der Waals surface area contributed by atoms with E-state index in [0.717, 1.165) is 5.56 Å². The van der Waals surface area contributed by atoms with Crippen molar-refractivity contribution in [2.75, 3.05) is 48.3 Å². The van der Waals surface area contributed by atoms with Crippen LogP contribution in [-0.2, 0) is 31.9 Å². The molecule has 2 aromatic rings. The lowest BCUT2D eigenvalue weighted by atomic mass is 10.1. The highest BCUT2D eigenvalue weighted by Crippen LogP contribution is 2.32. The third-order valence-electron chi connectivity index (χ3n) is 8.29. The van der Waals surface area contributed by atoms with Crippen LogP contribution in [0.5, 0.6) is 5.88 Å². The van der Waals surface area contributed by atoms with Crippen LogP contribution in [0, 0.1) is 11.7 Å². The molecule has 0 radical (unpaired) electrons. The van der Waals surface area contributed by atoms with Crippen molar-refractivity contribution in [1.29, 1.82) is 0 Å². The van der Waals surface area contributed by atoms with Gasteiger partial charge in [-0.2, -0.15) is 0 Å². The van der Waals surface area contributed by atoms with Gasteiger partial charge in [0.15, 0.2) is 18.2 Å². The van der Waals surface area contributed by atoms with E-state index in [1.807, 2.05) is 6.07 Å². The van der Waals surface area contributed by atoms with E-state index in [-0.39, 0.29) is 60.3 Å². The number of nitrogens with one attached hydrogen (secondary N) is 3. The molecule has 3 N–H and O–H groups in total. The average molecular weight is 640 g/mol. The van der Waals surface area contributed by atoms with E-state index in [1.165, 1.54) is 22.1 Å². The molecule has 3 atom stereocenters. The Labute approximate surface area is 265 Å². The third-order valence-corrected chi connectivity index (χ3v) is 8.29. The Morgan fingerprint density at radius 2 is 2.04 bits per heavy atom. The summed E-state index contributed by atoms with van der Waals surface area (Å²) >= 11 is 0. The first kappa shape index (κ1) is 31.5. The van der Waals surface area contributed by atoms with E-state index in [9.17, 15) is 19.2 Å². The van der Waals surface area contributed by atoms with Crippen LogP contribution >= 0.6 is 0 Å². The summed E-state index contributed by atoms with van der Waals surface area (Å²) in [6.45, 7) is 7.14. The fraction of sp³-hybridized carbons (Fsp3) is 0.548. The van der Waals surface area contributed by atoms with E-state index >= 15 is 4.39 Å². The van der Waals surface area contributed by atoms with Crippen LogP contribution in [0.1, 0.15) is 51.2 Å². The topological polar surface area (TPSA) is 164 Å². The molecule has 4 aliphatic rings. The van der Waals surface area contributed by atoms with Gasteiger partial charge in [0.2, 0.25) is 5.91 Å². The van der Waals surface area contributed by atoms with Crippen LogP contribution in [0.4, 0.5) is 31.3 Å². The fourth-order valence-corrected chi connectivity index (χ4v) is 6.21. The van der Waals surface area contributed by atoms with Gasteiger partial charge in [-0.15, -0.1) is 0 Å². The largest absolute Gasteiger partial charge is 0.465 e. The number of hydrogen-bond donors (Lipinski definition) is 3. The second kappa shape index (κ2) is 12.7. The molecule has 46 heavy (non-hydrogen) atoms. The van der Waals surface area contributed by atoms with Gasteiger partial charge in [-0.3, -0.25) is 19.4 Å². The highest BCUT2D eigenvalue weighted by molar-refractivity contribution is 5.97. The summed E-state index contributed by atoms with van der Waals surface area (Å²) in [6, 6.07) is 2.49. The van der Waals surface area contributed by atoms with Crippen LogP contribution in [0.15, 0.2) is 18.3 Å². The molecule has 4 amide bonds. The molecule has 1 aromatic heterocycles. The van der Waals surface area contributed by atoms with E-state index in [2.05, 4.69) is 25.9 Å². The van der Waals surface area contributed by atoms with Gasteiger partial charge in [0.1, 0.15) is 23.6 Å². The first-order valence-electron chi connectivity index (χ1n) is 15.5. The van der Waals surface area contributed by atoms with Crippen molar-refractivity contribution in [3.63, 3.8) is 0 Å². The van der Waals surface area contributed by atoms with Crippen molar-refractivity contribution in [3.05, 3.63) is 35.3 Å². The molecule has 4 heterocycles. The number of nitrogens with zero attached hydrogens (tertiary/aromatic N) is 4. The van der Waals surface area contributed by atoms with Gasteiger partial charge in [-0.1, -0.05) is 0 Å². The van der Waals surface area contributed by atoms with Gasteiger partial charge in [-0.05, 0) is 95.1 Å². The second-order valence-electron chi connectivity index (χ2n) is 13.0. The van der Waals surface area contributed by atoms with Gasteiger partial charge in [0.25, 0.3) is 11.8 Å². The van der Waals surface area contributed by atoms with E-state index in [1.54, 1.807) is 20.8 Å². The molecule has 6 rings (SSSR count). The van der Waals surface area contributed by atoms with Gasteiger partial charge in [-0.25, -0.2) is 23.9 Å². The van der Waals surface area contributed by atoms with E-state index in [4.69, 9.17) is 14.2 Å². The first-order valence-corrected chi connectivity index (χ1v) is 15.5. The molecule has 14 nitrogen and oxygen atoms in total. The minimum atomic E-state index is -0.670. The van der Waals surface area contributed by atoms with Crippen LogP contribution < -0.4 is 25.6 Å². The molecule has 1 aliphatic carbocycles. The number of fused-ring (bicyclic) bond motifs is 2. The van der Waals surface area contributed by atoms with Crippen LogP contribution in [0.25, 0.3) is 0 Å². The van der Waals surface area contributed by atoms with Crippen LogP contribution in [0.3, 0.4) is 0 Å². The van der Waals surface area contributed by atoms with Gasteiger partial charge in [0.05, 0.1) is 12.7 Å². The molecule has 0 saturated carbocycles. The summed E-state index contributed by atoms with van der Waals surface area (Å²) in [4.78, 5) is 61.0. The van der Waals surface area contributed by atoms with E-state index < -0.39 is 23.8 Å². The summed E-state index contributed by atoms with van der Waals surface area (Å²) in [5, 5.41) is 8.79. The highest BCUT2D eigenvalue weighted by Gasteiger charge is 2.37. The molecule has 0 bridgehead atoms. The Morgan fingerprint density at radius 1 is 1.22 bits per heavy atom. The lowest BCUT2D eigenvalue weighted by molar-refractivity contribution is -0.120. The number of hydrogen-bond acceptors (Lipinski definition) is 10. The standard InChI is InChI=1S/C31H38FN7O7/c1-31(2,3)46-30(43)38-8-4-5-23(38)27(41)35-19-11-18-9-17(10-21(18)22(32)12-19)13-33-7-6-20-15-39(29(42)45-20)24-14-34-28-26(36-24)37-25(40)16-44-28/h11-12,14,17,20,23,33H,4-10,13,15-16H2,1-3H3,(H,35,41)(H,36,37,40)/t17?,20?,23-/m0/s1. The number of amides is 4. The van der Waals surface area contributed by atoms with Gasteiger partial charge < -0.3 is 30.2 Å². The van der Waals surface area contributed by atoms with Crippen LogP contribution in [0.2, 0.25) is 0 Å². The molecule has 15 heteroatoms. The molecule has 2 unspecified atom stereocenters. The minimum absolute atomic E-state index is 0.138. The molecule has 3 aliphatic heterocycles. The molecule has 2 saturated heterocycles. The average Bonchev–Trinajstić information content (AvgIpc) is 3.73. The van der Waals surface area contributed by atoms with Crippen LogP contribution in [-0.4, -0.2) is 89.4 Å². The lowest BCUT2D eigenvalue weighted by Gasteiger charge is -2.28. The Hall–Kier alpha value is -4.53. The first-order chi connectivity index (χ1) is 21.9. The molecule has 0 spiro atoms. The second-order valence-corrected chi connectivity index (χ2v) is 13.0. The van der Waals surface area contributed by atoms with Gasteiger partial charge >= 0.3 is 12.2 Å². The number of carbonyl (C=O) groups excluding carboxylic acids is 4. The Bertz CT molecular complexity index is 1550. The number of ether oxygens (including phenoxy) is 3. The molecular weight excluding hydrogens is 601 g/mol. The SMILES string of the molecule is CC(C)(C)OC(=O)N1CCC[C@H]1C(=O)Nc1cc(F)c2c(c1)CC(CNCCC1CN(c3cnc4c(n3)NC(=O)CO4)C(=O)O1)C2. The summed E-state index contributed by atoms with van der Waals surface area (Å²) in [6.07, 6.45) is 2.95. The van der Waals surface area contributed by atoms with Crippen molar-refractivity contribution < 1.29 is 37.8 Å². The maximum Gasteiger partial charge on any atom is 0.415 e. The van der Waals surface area contributed by atoms with Crippen molar-refractivity contribution in [2.45, 2.75) is 70.6 Å². The van der Waals surface area contributed by atoms with Crippen molar-refractivity contribution in [1.82, 2.24) is 20.2 Å². The number of carbonyl (C=O) groups is 4. The number of aromatic nitrogens is 2. The molecular formula is C31H38FN7O7. The fourth-order valence-electron chi connectivity index (χ4n) is 6.21. The monoisotopic (exact) mass is 639 g/mol. The normalized spacial score (nSPS) is 22.1. The number of cyclic esters (lactones) is 1. The smallest absolute Gasteiger partial charge is 0.415 e. The predicted octanol–water partition coefficient (Wildman–Crippen LogP) is 3.00. The highest BCUT2D eigenvalue weighted by atomic mass is 19.1. The summed E-state index contributed by atoms with van der Waals surface area (Å²) in [7, 11) is 0. The van der Waals surface area contributed by atoms with Crippen molar-refractivity contribution in [2.24, 2.45) is 5.92 Å².